The van der Waals surface area contributed by atoms with Gasteiger partial charge in [0.15, 0.2) is 23.1 Å². The Hall–Kier alpha value is -3.25. The molecule has 0 bridgehead atoms. The first-order chi connectivity index (χ1) is 16.5. The summed E-state index contributed by atoms with van der Waals surface area (Å²) in [5, 5.41) is 29.6. The Bertz CT molecular complexity index is 1260. The second kappa shape index (κ2) is 10.8. The number of anilines is 1. The van der Waals surface area contributed by atoms with Crippen molar-refractivity contribution in [2.24, 2.45) is 0 Å². The maximum Gasteiger partial charge on any atom is 0.199 e. The number of nitrogen functional groups attached to an aromatic ring is 1. The van der Waals surface area contributed by atoms with E-state index in [9.17, 15) is 5.11 Å². The minimum atomic E-state index is -0.778. The molecular weight excluding hydrogens is 462 g/mol. The molecule has 1 unspecified atom stereocenters. The molecule has 3 aromatic heterocycles. The molecule has 5 N–H and O–H groups in total. The van der Waals surface area contributed by atoms with E-state index in [1.54, 1.807) is 12.3 Å². The number of imidazole rings is 1. The molecule has 0 saturated heterocycles. The van der Waals surface area contributed by atoms with Gasteiger partial charge in [0.25, 0.3) is 0 Å². The fraction of sp³-hybridized carbons (Fsp3) is 0.364. The summed E-state index contributed by atoms with van der Waals surface area (Å²) in [6.45, 7) is 3.61. The van der Waals surface area contributed by atoms with Gasteiger partial charge < -0.3 is 30.6 Å². The largest absolute Gasteiger partial charge is 0.490 e. The molecular formula is C22H26ClN7O4. The van der Waals surface area contributed by atoms with Crippen LogP contribution < -0.4 is 15.8 Å². The van der Waals surface area contributed by atoms with E-state index in [0.29, 0.717) is 66.2 Å². The van der Waals surface area contributed by atoms with Gasteiger partial charge in [-0.15, -0.1) is 0 Å². The molecule has 1 aromatic carbocycles. The highest BCUT2D eigenvalue weighted by molar-refractivity contribution is 6.30. The third kappa shape index (κ3) is 4.97. The van der Waals surface area contributed by atoms with Gasteiger partial charge in [-0.05, 0) is 42.3 Å². The SMILES string of the molecule is CCn1c(-c2nonc2N)nc2c(-c3cccc(Cl)c3)ncc(OCCCNCC(O)CO)c21. The summed E-state index contributed by atoms with van der Waals surface area (Å²) < 4.78 is 12.8. The third-order valence-corrected chi connectivity index (χ3v) is 5.46. The van der Waals surface area contributed by atoms with E-state index in [4.69, 9.17) is 36.8 Å². The van der Waals surface area contributed by atoms with Gasteiger partial charge in [-0.2, -0.15) is 0 Å². The number of nitrogens with two attached hydrogens (primary N) is 1. The Kier molecular flexibility index (Phi) is 7.58. The summed E-state index contributed by atoms with van der Waals surface area (Å²) >= 11 is 6.22. The van der Waals surface area contributed by atoms with E-state index in [1.807, 2.05) is 29.7 Å². The predicted molar refractivity (Wildman–Crippen MR) is 127 cm³/mol. The van der Waals surface area contributed by atoms with E-state index in [2.05, 4.69) is 20.6 Å². The van der Waals surface area contributed by atoms with Crippen molar-refractivity contribution >= 4 is 28.5 Å². The first-order valence-electron chi connectivity index (χ1n) is 10.9. The highest BCUT2D eigenvalue weighted by Crippen LogP contribution is 2.37. The highest BCUT2D eigenvalue weighted by Gasteiger charge is 2.24. The molecule has 4 aromatic rings. The van der Waals surface area contributed by atoms with Crippen LogP contribution in [-0.4, -0.2) is 67.5 Å². The van der Waals surface area contributed by atoms with Crippen LogP contribution in [0.4, 0.5) is 5.82 Å². The monoisotopic (exact) mass is 487 g/mol. The molecule has 1 atom stereocenters. The lowest BCUT2D eigenvalue weighted by atomic mass is 10.1. The first kappa shape index (κ1) is 23.9. The van der Waals surface area contributed by atoms with Crippen molar-refractivity contribution in [3.05, 3.63) is 35.5 Å². The topological polar surface area (TPSA) is 157 Å². The van der Waals surface area contributed by atoms with Gasteiger partial charge in [-0.3, -0.25) is 0 Å². The first-order valence-corrected chi connectivity index (χ1v) is 11.3. The van der Waals surface area contributed by atoms with E-state index >= 15 is 0 Å². The lowest BCUT2D eigenvalue weighted by molar-refractivity contribution is 0.0942. The van der Waals surface area contributed by atoms with E-state index in [-0.39, 0.29) is 12.4 Å². The number of aromatic nitrogens is 5. The summed E-state index contributed by atoms with van der Waals surface area (Å²) in [6, 6.07) is 7.39. The van der Waals surface area contributed by atoms with Crippen molar-refractivity contribution in [2.75, 3.05) is 32.0 Å². The third-order valence-electron chi connectivity index (χ3n) is 5.22. The van der Waals surface area contributed by atoms with Gasteiger partial charge in [-0.25, -0.2) is 14.6 Å². The lowest BCUT2D eigenvalue weighted by Gasteiger charge is -2.12. The van der Waals surface area contributed by atoms with Gasteiger partial charge in [0.05, 0.1) is 31.2 Å². The molecule has 0 aliphatic heterocycles. The zero-order valence-corrected chi connectivity index (χ0v) is 19.4. The number of nitrogens with one attached hydrogen (secondary N) is 1. The Labute approximate surface area is 200 Å². The quantitative estimate of drug-likeness (QED) is 0.231. The molecule has 0 fully saturated rings. The minimum Gasteiger partial charge on any atom is -0.490 e. The van der Waals surface area contributed by atoms with Crippen LogP contribution in [0.15, 0.2) is 35.1 Å². The summed E-state index contributed by atoms with van der Waals surface area (Å²) in [5.41, 5.74) is 9.12. The molecule has 11 nitrogen and oxygen atoms in total. The maximum absolute atomic E-state index is 9.41. The number of fused-ring (bicyclic) bond motifs is 1. The Morgan fingerprint density at radius 3 is 2.85 bits per heavy atom. The van der Waals surface area contributed by atoms with E-state index in [0.717, 1.165) is 11.1 Å². The fourth-order valence-corrected chi connectivity index (χ4v) is 3.81. The Morgan fingerprint density at radius 2 is 2.15 bits per heavy atom. The number of hydrogen-bond donors (Lipinski definition) is 4. The van der Waals surface area contributed by atoms with Gasteiger partial charge in [0, 0.05) is 23.7 Å². The van der Waals surface area contributed by atoms with Gasteiger partial charge in [-0.1, -0.05) is 23.7 Å². The van der Waals surface area contributed by atoms with E-state index in [1.165, 1.54) is 0 Å². The number of ether oxygens (including phenoxy) is 1. The zero-order chi connectivity index (χ0) is 24.1. The summed E-state index contributed by atoms with van der Waals surface area (Å²) in [6.07, 6.45) is 1.58. The Balaban J connectivity index is 1.70. The minimum absolute atomic E-state index is 0.140. The van der Waals surface area contributed by atoms with Gasteiger partial charge in [0.1, 0.15) is 11.0 Å². The van der Waals surface area contributed by atoms with Crippen molar-refractivity contribution in [3.63, 3.8) is 0 Å². The van der Waals surface area contributed by atoms with Crippen molar-refractivity contribution < 1.29 is 19.6 Å². The normalized spacial score (nSPS) is 12.4. The molecule has 3 heterocycles. The molecule has 34 heavy (non-hydrogen) atoms. The average molecular weight is 488 g/mol. The number of aliphatic hydroxyl groups is 2. The number of pyridine rings is 1. The van der Waals surface area contributed by atoms with Crippen LogP contribution in [0.25, 0.3) is 33.8 Å². The molecule has 0 aliphatic carbocycles. The standard InChI is InChI=1S/C22H26ClN7O4/c1-2-30-20-16(33-8-4-7-25-10-15(32)12-31)11-26-17(13-5-3-6-14(23)9-13)18(20)27-22(30)19-21(24)29-34-28-19/h3,5-6,9,11,15,25,31-32H,2,4,7-8,10,12H2,1H3,(H2,24,29). The van der Waals surface area contributed by atoms with Crippen molar-refractivity contribution in [2.45, 2.75) is 26.0 Å². The number of nitrogens with zero attached hydrogens (tertiary/aromatic N) is 5. The molecule has 0 spiro atoms. The van der Waals surface area contributed by atoms with Crippen molar-refractivity contribution in [1.29, 1.82) is 0 Å². The van der Waals surface area contributed by atoms with Crippen LogP contribution in [0.2, 0.25) is 5.02 Å². The predicted octanol–water partition coefficient (Wildman–Crippen LogP) is 2.12. The summed E-state index contributed by atoms with van der Waals surface area (Å²) in [4.78, 5) is 9.44. The van der Waals surface area contributed by atoms with Crippen LogP contribution in [0.5, 0.6) is 5.75 Å². The second-order valence-corrected chi connectivity index (χ2v) is 8.04. The highest BCUT2D eigenvalue weighted by atomic mass is 35.5. The number of benzene rings is 1. The number of hydrogen-bond acceptors (Lipinski definition) is 10. The van der Waals surface area contributed by atoms with Crippen LogP contribution in [0.1, 0.15) is 13.3 Å². The maximum atomic E-state index is 9.41. The van der Waals surface area contributed by atoms with Crippen LogP contribution in [-0.2, 0) is 6.54 Å². The molecule has 0 saturated carbocycles. The molecule has 180 valence electrons. The second-order valence-electron chi connectivity index (χ2n) is 7.60. The zero-order valence-electron chi connectivity index (χ0n) is 18.6. The number of halogens is 1. The summed E-state index contributed by atoms with van der Waals surface area (Å²) in [5.74, 6) is 1.20. The van der Waals surface area contributed by atoms with Crippen LogP contribution in [0.3, 0.4) is 0 Å². The number of aliphatic hydroxyl groups excluding tert-OH is 2. The molecule has 0 radical (unpaired) electrons. The molecule has 4 rings (SSSR count). The Morgan fingerprint density at radius 1 is 1.29 bits per heavy atom. The smallest absolute Gasteiger partial charge is 0.199 e. The van der Waals surface area contributed by atoms with Crippen molar-refractivity contribution in [3.8, 4) is 28.5 Å². The van der Waals surface area contributed by atoms with Gasteiger partial charge >= 0.3 is 0 Å². The van der Waals surface area contributed by atoms with E-state index < -0.39 is 6.10 Å². The fourth-order valence-electron chi connectivity index (χ4n) is 3.62. The average Bonchev–Trinajstić information content (AvgIpc) is 3.44. The lowest BCUT2D eigenvalue weighted by Crippen LogP contribution is -2.30. The van der Waals surface area contributed by atoms with Crippen LogP contribution in [0, 0.1) is 0 Å². The number of rotatable bonds is 11. The molecule has 0 amide bonds. The number of aryl methyl sites for hydroxylation is 1. The van der Waals surface area contributed by atoms with Gasteiger partial charge in [0.2, 0.25) is 0 Å². The van der Waals surface area contributed by atoms with Crippen LogP contribution >= 0.6 is 11.6 Å². The van der Waals surface area contributed by atoms with Crippen molar-refractivity contribution in [1.82, 2.24) is 30.2 Å². The molecule has 0 aliphatic rings. The molecule has 12 heteroatoms. The summed E-state index contributed by atoms with van der Waals surface area (Å²) in [7, 11) is 0.